The van der Waals surface area contributed by atoms with Crippen molar-refractivity contribution in [3.63, 3.8) is 0 Å². The predicted octanol–water partition coefficient (Wildman–Crippen LogP) is 1.33. The third-order valence-corrected chi connectivity index (χ3v) is 1.81. The number of carboxylic acid groups (broad SMARTS) is 1. The molecule has 0 unspecified atom stereocenters. The van der Waals surface area contributed by atoms with Gasteiger partial charge in [-0.3, -0.25) is 0 Å². The highest BCUT2D eigenvalue weighted by molar-refractivity contribution is 5.87. The first kappa shape index (κ1) is 9.48. The summed E-state index contributed by atoms with van der Waals surface area (Å²) in [6.07, 6.45) is 0. The van der Waals surface area contributed by atoms with E-state index in [1.807, 2.05) is 18.2 Å². The maximum atomic E-state index is 10.5. The lowest BCUT2D eigenvalue weighted by Crippen LogP contribution is -2.17. The van der Waals surface area contributed by atoms with Crippen LogP contribution in [-0.4, -0.2) is 11.1 Å². The minimum absolute atomic E-state index is 0.00574. The number of rotatable bonds is 3. The molecule has 0 saturated heterocycles. The Morgan fingerprint density at radius 3 is 2.38 bits per heavy atom. The van der Waals surface area contributed by atoms with Crippen LogP contribution in [0.15, 0.2) is 42.5 Å². The smallest absolute Gasteiger partial charge is 0.332 e. The van der Waals surface area contributed by atoms with E-state index in [9.17, 15) is 4.79 Å². The van der Waals surface area contributed by atoms with Crippen LogP contribution in [0.2, 0.25) is 0 Å². The van der Waals surface area contributed by atoms with Gasteiger partial charge in [0, 0.05) is 0 Å². The van der Waals surface area contributed by atoms with Gasteiger partial charge in [0.15, 0.2) is 0 Å². The Kier molecular flexibility index (Phi) is 2.82. The summed E-state index contributed by atoms with van der Waals surface area (Å²) < 4.78 is 0. The average Bonchev–Trinajstić information content (AvgIpc) is 2.17. The molecule has 1 atom stereocenters. The fourth-order valence-corrected chi connectivity index (χ4v) is 0.995. The number of aliphatic carboxylic acids is 1. The van der Waals surface area contributed by atoms with Crippen LogP contribution in [0.4, 0.5) is 0 Å². The average molecular weight is 177 g/mol. The normalized spacial score (nSPS) is 12.1. The fraction of sp³-hybridized carbons (Fsp3) is 0.100. The largest absolute Gasteiger partial charge is 0.478 e. The van der Waals surface area contributed by atoms with E-state index in [-0.39, 0.29) is 5.57 Å². The number of carbonyl (C=O) groups is 1. The Morgan fingerprint density at radius 1 is 1.38 bits per heavy atom. The SMILES string of the molecule is C=C(C(=O)O)[C@H](N)c1ccccc1. The first-order chi connectivity index (χ1) is 6.13. The zero-order chi connectivity index (χ0) is 9.84. The van der Waals surface area contributed by atoms with Gasteiger partial charge in [-0.15, -0.1) is 0 Å². The molecular formula is C10H11NO2. The molecule has 1 rings (SSSR count). The van der Waals surface area contributed by atoms with Gasteiger partial charge in [-0.2, -0.15) is 0 Å². The monoisotopic (exact) mass is 177 g/mol. The summed E-state index contributed by atoms with van der Waals surface area (Å²) in [6, 6.07) is 8.39. The molecule has 0 aliphatic heterocycles. The summed E-state index contributed by atoms with van der Waals surface area (Å²) in [7, 11) is 0. The van der Waals surface area contributed by atoms with Gasteiger partial charge in [-0.1, -0.05) is 36.9 Å². The van der Waals surface area contributed by atoms with Crippen molar-refractivity contribution >= 4 is 5.97 Å². The minimum atomic E-state index is -1.06. The van der Waals surface area contributed by atoms with Crippen molar-refractivity contribution in [3.05, 3.63) is 48.0 Å². The summed E-state index contributed by atoms with van der Waals surface area (Å²) in [5.41, 5.74) is 6.42. The number of hydrogen-bond acceptors (Lipinski definition) is 2. The van der Waals surface area contributed by atoms with Gasteiger partial charge in [-0.25, -0.2) is 4.79 Å². The molecular weight excluding hydrogens is 166 g/mol. The van der Waals surface area contributed by atoms with Gasteiger partial charge in [0.2, 0.25) is 0 Å². The summed E-state index contributed by atoms with van der Waals surface area (Å²) in [6.45, 7) is 3.41. The molecule has 0 fully saturated rings. The van der Waals surface area contributed by atoms with Gasteiger partial charge in [0.1, 0.15) is 0 Å². The van der Waals surface area contributed by atoms with Crippen molar-refractivity contribution < 1.29 is 9.90 Å². The van der Waals surface area contributed by atoms with Gasteiger partial charge in [-0.05, 0) is 5.56 Å². The second-order valence-electron chi connectivity index (χ2n) is 2.72. The second-order valence-corrected chi connectivity index (χ2v) is 2.72. The minimum Gasteiger partial charge on any atom is -0.478 e. The molecule has 0 aromatic heterocycles. The molecule has 3 heteroatoms. The van der Waals surface area contributed by atoms with E-state index < -0.39 is 12.0 Å². The van der Waals surface area contributed by atoms with Crippen LogP contribution in [-0.2, 0) is 4.79 Å². The summed E-state index contributed by atoms with van der Waals surface area (Å²) >= 11 is 0. The van der Waals surface area contributed by atoms with Crippen LogP contribution < -0.4 is 5.73 Å². The first-order valence-electron chi connectivity index (χ1n) is 3.85. The Bertz CT molecular complexity index is 319. The molecule has 0 aliphatic rings. The molecule has 0 amide bonds. The summed E-state index contributed by atoms with van der Waals surface area (Å²) in [5.74, 6) is -1.06. The van der Waals surface area contributed by atoms with Gasteiger partial charge in [0.25, 0.3) is 0 Å². The Morgan fingerprint density at radius 2 is 1.92 bits per heavy atom. The maximum Gasteiger partial charge on any atom is 0.332 e. The molecule has 13 heavy (non-hydrogen) atoms. The van der Waals surface area contributed by atoms with E-state index >= 15 is 0 Å². The molecule has 3 nitrogen and oxygen atoms in total. The summed E-state index contributed by atoms with van der Waals surface area (Å²) in [5, 5.41) is 8.63. The topological polar surface area (TPSA) is 63.3 Å². The second kappa shape index (κ2) is 3.87. The van der Waals surface area contributed by atoms with E-state index in [4.69, 9.17) is 10.8 Å². The highest BCUT2D eigenvalue weighted by Gasteiger charge is 2.14. The third kappa shape index (κ3) is 2.16. The molecule has 0 spiro atoms. The predicted molar refractivity (Wildman–Crippen MR) is 50.1 cm³/mol. The molecule has 0 radical (unpaired) electrons. The fourth-order valence-electron chi connectivity index (χ4n) is 0.995. The van der Waals surface area contributed by atoms with Crippen molar-refractivity contribution in [2.75, 3.05) is 0 Å². The van der Waals surface area contributed by atoms with Crippen LogP contribution in [0.25, 0.3) is 0 Å². The van der Waals surface area contributed by atoms with Gasteiger partial charge >= 0.3 is 5.97 Å². The molecule has 0 saturated carbocycles. The maximum absolute atomic E-state index is 10.5. The Balaban J connectivity index is 2.86. The number of hydrogen-bond donors (Lipinski definition) is 2. The molecule has 1 aromatic carbocycles. The Labute approximate surface area is 76.5 Å². The van der Waals surface area contributed by atoms with E-state index in [1.165, 1.54) is 0 Å². The molecule has 1 aromatic rings. The number of benzene rings is 1. The molecule has 0 heterocycles. The standard InChI is InChI=1S/C10H11NO2/c1-7(10(12)13)9(11)8-5-3-2-4-6-8/h2-6,9H,1,11H2,(H,12,13)/t9-/m0/s1. The van der Waals surface area contributed by atoms with Crippen LogP contribution in [0.3, 0.4) is 0 Å². The van der Waals surface area contributed by atoms with Crippen molar-refractivity contribution in [3.8, 4) is 0 Å². The van der Waals surface area contributed by atoms with E-state index in [0.29, 0.717) is 0 Å². The van der Waals surface area contributed by atoms with E-state index in [2.05, 4.69) is 6.58 Å². The van der Waals surface area contributed by atoms with Gasteiger partial charge in [0.05, 0.1) is 11.6 Å². The highest BCUT2D eigenvalue weighted by Crippen LogP contribution is 2.16. The van der Waals surface area contributed by atoms with Crippen LogP contribution >= 0.6 is 0 Å². The van der Waals surface area contributed by atoms with Crippen LogP contribution in [0.5, 0.6) is 0 Å². The summed E-state index contributed by atoms with van der Waals surface area (Å²) in [4.78, 5) is 10.5. The van der Waals surface area contributed by atoms with Crippen LogP contribution in [0.1, 0.15) is 11.6 Å². The van der Waals surface area contributed by atoms with Crippen molar-refractivity contribution in [1.82, 2.24) is 0 Å². The first-order valence-corrected chi connectivity index (χ1v) is 3.85. The zero-order valence-electron chi connectivity index (χ0n) is 7.10. The van der Waals surface area contributed by atoms with Crippen molar-refractivity contribution in [2.24, 2.45) is 5.73 Å². The zero-order valence-corrected chi connectivity index (χ0v) is 7.10. The third-order valence-electron chi connectivity index (χ3n) is 1.81. The van der Waals surface area contributed by atoms with E-state index in [0.717, 1.165) is 5.56 Å². The highest BCUT2D eigenvalue weighted by atomic mass is 16.4. The van der Waals surface area contributed by atoms with Gasteiger partial charge < -0.3 is 10.8 Å². The lowest BCUT2D eigenvalue weighted by molar-refractivity contribution is -0.132. The van der Waals surface area contributed by atoms with Crippen molar-refractivity contribution in [2.45, 2.75) is 6.04 Å². The number of carboxylic acids is 1. The quantitative estimate of drug-likeness (QED) is 0.684. The number of nitrogens with two attached hydrogens (primary N) is 1. The lowest BCUT2D eigenvalue weighted by Gasteiger charge is -2.10. The molecule has 3 N–H and O–H groups in total. The molecule has 68 valence electrons. The van der Waals surface area contributed by atoms with E-state index in [1.54, 1.807) is 12.1 Å². The van der Waals surface area contributed by atoms with Crippen LogP contribution in [0, 0.1) is 0 Å². The molecule has 0 aliphatic carbocycles. The molecule has 0 bridgehead atoms. The lowest BCUT2D eigenvalue weighted by atomic mass is 10.0. The van der Waals surface area contributed by atoms with Crippen molar-refractivity contribution in [1.29, 1.82) is 0 Å². The Hall–Kier alpha value is -1.61.